The summed E-state index contributed by atoms with van der Waals surface area (Å²) in [5, 5.41) is 6.80. The zero-order valence-electron chi connectivity index (χ0n) is 24.7. The quantitative estimate of drug-likeness (QED) is 0.302. The lowest BCUT2D eigenvalue weighted by Crippen LogP contribution is -2.57. The lowest BCUT2D eigenvalue weighted by Gasteiger charge is -2.37. The first-order chi connectivity index (χ1) is 21.0. The first-order valence-electron chi connectivity index (χ1n) is 14.8. The lowest BCUT2D eigenvalue weighted by atomic mass is 9.86. The van der Waals surface area contributed by atoms with Crippen LogP contribution < -0.4 is 21.1 Å². The summed E-state index contributed by atoms with van der Waals surface area (Å²) in [6.45, 7) is 4.65. The molecule has 0 saturated carbocycles. The van der Waals surface area contributed by atoms with Gasteiger partial charge in [0.1, 0.15) is 5.82 Å². The average Bonchev–Trinajstić information content (AvgIpc) is 3.10. The molecule has 236 valence electrons. The molecule has 1 amide bonds. The van der Waals surface area contributed by atoms with Crippen molar-refractivity contribution in [2.45, 2.75) is 69.7 Å². The van der Waals surface area contributed by atoms with Crippen molar-refractivity contribution in [1.82, 2.24) is 19.6 Å². The number of piperazine rings is 1. The number of nitrogens with zero attached hydrogens (tertiary/aromatic N) is 3. The van der Waals surface area contributed by atoms with E-state index < -0.39 is 33.7 Å². The Labute approximate surface area is 262 Å². The van der Waals surface area contributed by atoms with Gasteiger partial charge in [-0.2, -0.15) is 4.31 Å². The molecule has 13 heteroatoms. The van der Waals surface area contributed by atoms with Gasteiger partial charge in [-0.1, -0.05) is 29.8 Å². The monoisotopic (exact) mass is 644 g/mol. The van der Waals surface area contributed by atoms with E-state index in [1.807, 2.05) is 13.8 Å². The van der Waals surface area contributed by atoms with Crippen LogP contribution in [0.25, 0.3) is 0 Å². The summed E-state index contributed by atoms with van der Waals surface area (Å²) in [7, 11) is -3.38. The smallest absolute Gasteiger partial charge is 0.316 e. The highest BCUT2D eigenvalue weighted by molar-refractivity contribution is 7.89. The second-order valence-electron chi connectivity index (χ2n) is 11.6. The van der Waals surface area contributed by atoms with E-state index in [0.29, 0.717) is 42.1 Å². The van der Waals surface area contributed by atoms with Crippen molar-refractivity contribution in [3.8, 4) is 6.01 Å². The summed E-state index contributed by atoms with van der Waals surface area (Å²) in [6, 6.07) is 10.4. The van der Waals surface area contributed by atoms with Gasteiger partial charge in [0, 0.05) is 59.8 Å². The molecule has 2 fully saturated rings. The van der Waals surface area contributed by atoms with Gasteiger partial charge in [-0.15, -0.1) is 0 Å². The summed E-state index contributed by atoms with van der Waals surface area (Å²) in [5.41, 5.74) is 8.50. The number of aromatic nitrogens is 2. The molecule has 0 aliphatic carbocycles. The highest BCUT2D eigenvalue weighted by atomic mass is 35.5. The van der Waals surface area contributed by atoms with Crippen LogP contribution in [0.2, 0.25) is 5.02 Å². The zero-order chi connectivity index (χ0) is 31.4. The highest BCUT2D eigenvalue weighted by Crippen LogP contribution is 2.31. The number of ether oxygens (including phenoxy) is 1. The number of hydrogen-bond acceptors (Lipinski definition) is 8. The van der Waals surface area contributed by atoms with Crippen molar-refractivity contribution < 1.29 is 22.3 Å². The van der Waals surface area contributed by atoms with Gasteiger partial charge in [0.2, 0.25) is 15.9 Å². The number of rotatable bonds is 10. The van der Waals surface area contributed by atoms with Gasteiger partial charge in [-0.05, 0) is 74.9 Å². The van der Waals surface area contributed by atoms with Gasteiger partial charge in [-0.3, -0.25) is 4.79 Å². The minimum atomic E-state index is -3.38. The molecule has 2 saturated heterocycles. The summed E-state index contributed by atoms with van der Waals surface area (Å²) in [4.78, 5) is 22.3. The molecule has 2 bridgehead atoms. The van der Waals surface area contributed by atoms with Crippen LogP contribution in [0.4, 0.5) is 10.1 Å². The fraction of sp³-hybridized carbons (Fsp3) is 0.452. The van der Waals surface area contributed by atoms with Crippen LogP contribution in [-0.4, -0.2) is 71.7 Å². The summed E-state index contributed by atoms with van der Waals surface area (Å²) in [6.07, 6.45) is 5.09. The third kappa shape index (κ3) is 7.55. The number of nitrogens with two attached hydrogens (primary N) is 1. The van der Waals surface area contributed by atoms with Crippen molar-refractivity contribution in [1.29, 1.82) is 0 Å². The van der Waals surface area contributed by atoms with E-state index in [4.69, 9.17) is 22.1 Å². The Balaban J connectivity index is 1.36. The van der Waals surface area contributed by atoms with Crippen LogP contribution in [-0.2, 0) is 21.2 Å². The first kappa shape index (κ1) is 32.2. The molecule has 5 rings (SSSR count). The molecule has 1 aromatic heterocycles. The number of carbonyl (C=O) groups is 1. The van der Waals surface area contributed by atoms with E-state index >= 15 is 4.39 Å². The predicted molar refractivity (Wildman–Crippen MR) is 168 cm³/mol. The Bertz CT molecular complexity index is 1560. The van der Waals surface area contributed by atoms with Crippen molar-refractivity contribution in [2.75, 3.05) is 24.2 Å². The lowest BCUT2D eigenvalue weighted by molar-refractivity contribution is -0.117. The molecule has 0 radical (unpaired) electrons. The van der Waals surface area contributed by atoms with E-state index in [1.165, 1.54) is 12.1 Å². The Kier molecular flexibility index (Phi) is 10.2. The van der Waals surface area contributed by atoms with Crippen LogP contribution in [0.3, 0.4) is 0 Å². The van der Waals surface area contributed by atoms with E-state index in [1.54, 1.807) is 47.0 Å². The SMILES string of the molecule is CC(C)Oc1ncc(C(c2ccc(Cl)cc2)C(N)C(=O)Nc2cccc(F)c2CC[C@H]2CN[C@@H]3CCCS(=O)(=O)N2C3)cn1. The van der Waals surface area contributed by atoms with Crippen molar-refractivity contribution in [3.05, 3.63) is 82.4 Å². The Morgan fingerprint density at radius 1 is 1.18 bits per heavy atom. The maximum Gasteiger partial charge on any atom is 0.316 e. The molecule has 44 heavy (non-hydrogen) atoms. The molecule has 3 aromatic rings. The second-order valence-corrected chi connectivity index (χ2v) is 14.1. The number of carbonyl (C=O) groups excluding carboxylic acids is 1. The van der Waals surface area contributed by atoms with Crippen LogP contribution in [0.5, 0.6) is 6.01 Å². The summed E-state index contributed by atoms with van der Waals surface area (Å²) >= 11 is 6.12. The van der Waals surface area contributed by atoms with E-state index in [9.17, 15) is 13.2 Å². The minimum Gasteiger partial charge on any atom is -0.461 e. The molecule has 2 aromatic carbocycles. The number of fused-ring (bicyclic) bond motifs is 2. The number of hydrogen-bond donors (Lipinski definition) is 3. The molecule has 3 heterocycles. The third-order valence-electron chi connectivity index (χ3n) is 8.11. The van der Waals surface area contributed by atoms with Gasteiger partial charge >= 0.3 is 6.01 Å². The minimum absolute atomic E-state index is 0.110. The number of amides is 1. The molecule has 3 unspecified atom stereocenters. The van der Waals surface area contributed by atoms with Crippen LogP contribution in [0.15, 0.2) is 54.9 Å². The normalized spacial score (nSPS) is 22.5. The molecule has 0 spiro atoms. The maximum atomic E-state index is 15.2. The number of sulfonamides is 1. The summed E-state index contributed by atoms with van der Waals surface area (Å²) < 4.78 is 48.1. The highest BCUT2D eigenvalue weighted by Gasteiger charge is 2.38. The van der Waals surface area contributed by atoms with Gasteiger partial charge in [0.25, 0.3) is 0 Å². The predicted octanol–water partition coefficient (Wildman–Crippen LogP) is 3.85. The fourth-order valence-electron chi connectivity index (χ4n) is 5.89. The molecule has 2 aliphatic rings. The number of halogens is 2. The van der Waals surface area contributed by atoms with Crippen LogP contribution in [0.1, 0.15) is 55.7 Å². The number of anilines is 1. The largest absolute Gasteiger partial charge is 0.461 e. The van der Waals surface area contributed by atoms with Crippen LogP contribution in [0, 0.1) is 5.82 Å². The van der Waals surface area contributed by atoms with Gasteiger partial charge in [0.15, 0.2) is 0 Å². The maximum absolute atomic E-state index is 15.2. The van der Waals surface area contributed by atoms with Gasteiger partial charge in [-0.25, -0.2) is 22.8 Å². The van der Waals surface area contributed by atoms with Gasteiger partial charge < -0.3 is 21.1 Å². The molecule has 4 N–H and O–H groups in total. The topological polar surface area (TPSA) is 140 Å². The van der Waals surface area contributed by atoms with Crippen molar-refractivity contribution in [2.24, 2.45) is 5.73 Å². The first-order valence-corrected chi connectivity index (χ1v) is 16.8. The second kappa shape index (κ2) is 13.9. The van der Waals surface area contributed by atoms with E-state index in [-0.39, 0.29) is 42.1 Å². The zero-order valence-corrected chi connectivity index (χ0v) is 26.3. The fourth-order valence-corrected chi connectivity index (χ4v) is 7.82. The van der Waals surface area contributed by atoms with Crippen molar-refractivity contribution in [3.63, 3.8) is 0 Å². The Hall–Kier alpha value is -3.16. The Morgan fingerprint density at radius 3 is 2.61 bits per heavy atom. The van der Waals surface area contributed by atoms with Crippen LogP contribution >= 0.6 is 11.6 Å². The molecule has 10 nitrogen and oxygen atoms in total. The summed E-state index contributed by atoms with van der Waals surface area (Å²) in [5.74, 6) is -1.54. The van der Waals surface area contributed by atoms with Gasteiger partial charge in [0.05, 0.1) is 17.9 Å². The van der Waals surface area contributed by atoms with Crippen molar-refractivity contribution >= 4 is 33.2 Å². The van der Waals surface area contributed by atoms with E-state index in [2.05, 4.69) is 20.6 Å². The van der Waals surface area contributed by atoms with E-state index in [0.717, 1.165) is 12.0 Å². The molecule has 5 atom stereocenters. The molecular formula is C31H38ClFN6O4S. The molecule has 2 aliphatic heterocycles. The third-order valence-corrected chi connectivity index (χ3v) is 10.3. The average molecular weight is 645 g/mol. The number of nitrogens with one attached hydrogen (secondary N) is 2. The standard InChI is InChI=1S/C31H38ClFN6O4S/c1-19(2)43-31-36-15-21(16-37-31)28(20-8-10-22(32)11-9-20)29(34)30(40)38-27-7-3-6-26(33)25(27)13-12-24-17-35-23-5-4-14-44(41,42)39(24)18-23/h3,6-11,15-16,19,23-24,28-29,35H,4-5,12-14,17-18,34H2,1-2H3,(H,38,40)/t23-,24+,28?,29?/m1/s1. The molecular weight excluding hydrogens is 607 g/mol. The Morgan fingerprint density at radius 2 is 1.91 bits per heavy atom. The number of benzene rings is 2.